The fourth-order valence-electron chi connectivity index (χ4n) is 3.77. The Morgan fingerprint density at radius 2 is 1.74 bits per heavy atom. The van der Waals surface area contributed by atoms with Crippen molar-refractivity contribution in [1.82, 2.24) is 4.90 Å². The van der Waals surface area contributed by atoms with Crippen LogP contribution in [0.2, 0.25) is 0 Å². The highest BCUT2D eigenvalue weighted by molar-refractivity contribution is 6.00. The van der Waals surface area contributed by atoms with Crippen molar-refractivity contribution in [2.24, 2.45) is 0 Å². The van der Waals surface area contributed by atoms with Crippen molar-refractivity contribution in [3.8, 4) is 0 Å². The number of furan rings is 1. The summed E-state index contributed by atoms with van der Waals surface area (Å²) in [5.41, 5.74) is 2.07. The Kier molecular flexibility index (Phi) is 4.50. The lowest BCUT2D eigenvalue weighted by atomic mass is 9.81. The van der Waals surface area contributed by atoms with E-state index in [1.54, 1.807) is 41.3 Å². The van der Waals surface area contributed by atoms with E-state index in [1.165, 1.54) is 6.26 Å². The lowest BCUT2D eigenvalue weighted by Crippen LogP contribution is -2.45. The first-order valence-corrected chi connectivity index (χ1v) is 8.87. The first-order valence-electron chi connectivity index (χ1n) is 8.87. The molecular weight excluding hydrogens is 342 g/mol. The third kappa shape index (κ3) is 3.12. The van der Waals surface area contributed by atoms with Crippen molar-refractivity contribution in [2.75, 3.05) is 6.54 Å². The summed E-state index contributed by atoms with van der Waals surface area (Å²) in [5, 5.41) is 9.96. The number of carbonyl (C=O) groups is 2. The maximum atomic E-state index is 13.2. The molecule has 136 valence electrons. The summed E-state index contributed by atoms with van der Waals surface area (Å²) in [6.07, 6.45) is 2.15. The number of nitrogens with zero attached hydrogens (tertiary/aromatic N) is 1. The topological polar surface area (TPSA) is 70.8 Å². The number of hydrogen-bond acceptors (Lipinski definition) is 3. The third-order valence-electron chi connectivity index (χ3n) is 5.02. The smallest absolute Gasteiger partial charge is 0.313 e. The molecule has 0 unspecified atom stereocenters. The van der Waals surface area contributed by atoms with Crippen LogP contribution in [-0.2, 0) is 11.2 Å². The lowest BCUT2D eigenvalue weighted by molar-refractivity contribution is -0.140. The maximum Gasteiger partial charge on any atom is 0.313 e. The van der Waals surface area contributed by atoms with Gasteiger partial charge in [0.15, 0.2) is 0 Å². The van der Waals surface area contributed by atoms with Crippen LogP contribution < -0.4 is 0 Å². The summed E-state index contributed by atoms with van der Waals surface area (Å²) in [6, 6.07) is 19.6. The van der Waals surface area contributed by atoms with Gasteiger partial charge in [-0.3, -0.25) is 9.59 Å². The zero-order chi connectivity index (χ0) is 18.8. The zero-order valence-corrected chi connectivity index (χ0v) is 14.6. The van der Waals surface area contributed by atoms with Crippen molar-refractivity contribution >= 4 is 11.9 Å². The van der Waals surface area contributed by atoms with Crippen LogP contribution in [0.1, 0.15) is 39.2 Å². The van der Waals surface area contributed by atoms with Gasteiger partial charge in [-0.2, -0.15) is 0 Å². The average molecular weight is 361 g/mol. The normalized spacial score (nSPS) is 19.0. The fourth-order valence-corrected chi connectivity index (χ4v) is 3.77. The number of carboxylic acids is 1. The van der Waals surface area contributed by atoms with Crippen LogP contribution in [0.15, 0.2) is 77.4 Å². The summed E-state index contributed by atoms with van der Waals surface area (Å²) >= 11 is 0. The highest BCUT2D eigenvalue weighted by Crippen LogP contribution is 2.42. The standard InChI is InChI=1S/C22H19NO4/c24-21-17-10-5-4-9-16(17)19(22(25)26)20(18-11-6-14-27-18)23(21)13-12-15-7-2-1-3-8-15/h1-11,14,19-20H,12-13H2,(H,25,26)/t19-,20-/m1/s1. The molecule has 3 aromatic rings. The van der Waals surface area contributed by atoms with E-state index in [2.05, 4.69) is 0 Å². The number of rotatable bonds is 5. The summed E-state index contributed by atoms with van der Waals surface area (Å²) in [4.78, 5) is 27.0. The van der Waals surface area contributed by atoms with Crippen LogP contribution in [0.3, 0.4) is 0 Å². The lowest BCUT2D eigenvalue weighted by Gasteiger charge is -2.39. The van der Waals surface area contributed by atoms with Crippen molar-refractivity contribution < 1.29 is 19.1 Å². The van der Waals surface area contributed by atoms with Gasteiger partial charge in [-0.1, -0.05) is 48.5 Å². The van der Waals surface area contributed by atoms with Gasteiger partial charge in [-0.25, -0.2) is 0 Å². The minimum atomic E-state index is -0.971. The minimum Gasteiger partial charge on any atom is -0.481 e. The van der Waals surface area contributed by atoms with Gasteiger partial charge in [-0.05, 0) is 35.7 Å². The molecular formula is C22H19NO4. The second-order valence-electron chi connectivity index (χ2n) is 6.60. The van der Waals surface area contributed by atoms with Gasteiger partial charge in [0.1, 0.15) is 17.7 Å². The van der Waals surface area contributed by atoms with Gasteiger partial charge in [0.25, 0.3) is 5.91 Å². The highest BCUT2D eigenvalue weighted by atomic mass is 16.4. The van der Waals surface area contributed by atoms with E-state index >= 15 is 0 Å². The van der Waals surface area contributed by atoms with Crippen LogP contribution in [0, 0.1) is 0 Å². The van der Waals surface area contributed by atoms with Crippen molar-refractivity contribution in [3.63, 3.8) is 0 Å². The molecule has 1 N–H and O–H groups in total. The predicted molar refractivity (Wildman–Crippen MR) is 99.5 cm³/mol. The molecule has 2 atom stereocenters. The van der Waals surface area contributed by atoms with Crippen LogP contribution in [-0.4, -0.2) is 28.4 Å². The van der Waals surface area contributed by atoms with E-state index in [1.807, 2.05) is 30.3 Å². The predicted octanol–water partition coefficient (Wildman–Crippen LogP) is 3.89. The monoisotopic (exact) mass is 361 g/mol. The van der Waals surface area contributed by atoms with Gasteiger partial charge in [0.2, 0.25) is 0 Å². The number of carboxylic acid groups (broad SMARTS) is 1. The average Bonchev–Trinajstić information content (AvgIpc) is 3.22. The third-order valence-corrected chi connectivity index (χ3v) is 5.02. The molecule has 4 rings (SSSR count). The van der Waals surface area contributed by atoms with Crippen molar-refractivity contribution in [1.29, 1.82) is 0 Å². The first kappa shape index (κ1) is 17.1. The molecule has 1 aliphatic heterocycles. The molecule has 0 saturated heterocycles. The molecule has 0 aliphatic carbocycles. The van der Waals surface area contributed by atoms with Crippen molar-refractivity contribution in [2.45, 2.75) is 18.4 Å². The number of benzene rings is 2. The summed E-state index contributed by atoms with van der Waals surface area (Å²) in [7, 11) is 0. The van der Waals surface area contributed by atoms with Gasteiger partial charge in [0, 0.05) is 12.1 Å². The fraction of sp³-hybridized carbons (Fsp3) is 0.182. The second kappa shape index (κ2) is 7.11. The van der Waals surface area contributed by atoms with E-state index < -0.39 is 17.9 Å². The van der Waals surface area contributed by atoms with E-state index in [0.29, 0.717) is 29.9 Å². The molecule has 2 aromatic carbocycles. The van der Waals surface area contributed by atoms with Crippen LogP contribution in [0.25, 0.3) is 0 Å². The van der Waals surface area contributed by atoms with Crippen LogP contribution >= 0.6 is 0 Å². The Labute approximate surface area is 156 Å². The first-order chi connectivity index (χ1) is 13.2. The van der Waals surface area contributed by atoms with Crippen molar-refractivity contribution in [3.05, 3.63) is 95.4 Å². The van der Waals surface area contributed by atoms with Gasteiger partial charge >= 0.3 is 5.97 Å². The molecule has 0 radical (unpaired) electrons. The number of fused-ring (bicyclic) bond motifs is 1. The number of carbonyl (C=O) groups excluding carboxylic acids is 1. The molecule has 27 heavy (non-hydrogen) atoms. The van der Waals surface area contributed by atoms with Gasteiger partial charge < -0.3 is 14.4 Å². The molecule has 0 saturated carbocycles. The SMILES string of the molecule is O=C(O)[C@@H]1c2ccccc2C(=O)N(CCc2ccccc2)[C@@H]1c1ccco1. The van der Waals surface area contributed by atoms with E-state index in [0.717, 1.165) is 5.56 Å². The Morgan fingerprint density at radius 1 is 1.00 bits per heavy atom. The molecule has 1 aliphatic rings. The second-order valence-corrected chi connectivity index (χ2v) is 6.60. The van der Waals surface area contributed by atoms with Gasteiger partial charge in [0.05, 0.1) is 6.26 Å². The molecule has 1 aromatic heterocycles. The molecule has 0 spiro atoms. The minimum absolute atomic E-state index is 0.166. The zero-order valence-electron chi connectivity index (χ0n) is 14.6. The number of amides is 1. The van der Waals surface area contributed by atoms with Gasteiger partial charge in [-0.15, -0.1) is 0 Å². The Morgan fingerprint density at radius 3 is 2.44 bits per heavy atom. The molecule has 0 fully saturated rings. The van der Waals surface area contributed by atoms with E-state index in [4.69, 9.17) is 4.42 Å². The highest BCUT2D eigenvalue weighted by Gasteiger charge is 2.45. The Hall–Kier alpha value is -3.34. The molecule has 1 amide bonds. The summed E-state index contributed by atoms with van der Waals surface area (Å²) in [5.74, 6) is -1.53. The molecule has 0 bridgehead atoms. The quantitative estimate of drug-likeness (QED) is 0.748. The summed E-state index contributed by atoms with van der Waals surface area (Å²) in [6.45, 7) is 0.409. The Balaban J connectivity index is 1.77. The Bertz CT molecular complexity index is 949. The number of hydrogen-bond donors (Lipinski definition) is 1. The maximum absolute atomic E-state index is 13.2. The molecule has 2 heterocycles. The van der Waals surface area contributed by atoms with E-state index in [-0.39, 0.29) is 5.91 Å². The van der Waals surface area contributed by atoms with E-state index in [9.17, 15) is 14.7 Å². The number of aliphatic carboxylic acids is 1. The van der Waals surface area contributed by atoms with Crippen LogP contribution in [0.4, 0.5) is 0 Å². The summed E-state index contributed by atoms with van der Waals surface area (Å²) < 4.78 is 5.54. The molecule has 5 nitrogen and oxygen atoms in total. The molecule has 5 heteroatoms. The van der Waals surface area contributed by atoms with Crippen LogP contribution in [0.5, 0.6) is 0 Å². The largest absolute Gasteiger partial charge is 0.481 e.